The molecule has 0 amide bonds. The second kappa shape index (κ2) is 4.69. The van der Waals surface area contributed by atoms with Gasteiger partial charge < -0.3 is 4.74 Å². The highest BCUT2D eigenvalue weighted by Gasteiger charge is 2.10. The van der Waals surface area contributed by atoms with Gasteiger partial charge in [-0.25, -0.2) is 0 Å². The maximum Gasteiger partial charge on any atom is 0.0967 e. The lowest BCUT2D eigenvalue weighted by atomic mass is 10.1. The summed E-state index contributed by atoms with van der Waals surface area (Å²) in [6.07, 6.45) is 5.16. The van der Waals surface area contributed by atoms with Gasteiger partial charge in [0.05, 0.1) is 6.73 Å². The molecule has 2 heteroatoms. The van der Waals surface area contributed by atoms with Gasteiger partial charge in [-0.15, -0.1) is 0 Å². The summed E-state index contributed by atoms with van der Waals surface area (Å²) in [6, 6.07) is 0.730. The molecule has 2 nitrogen and oxygen atoms in total. The van der Waals surface area contributed by atoms with Crippen molar-refractivity contribution in [2.75, 3.05) is 13.3 Å². The second-order valence-electron chi connectivity index (χ2n) is 2.88. The van der Waals surface area contributed by atoms with Crippen LogP contribution in [0.2, 0.25) is 0 Å². The van der Waals surface area contributed by atoms with E-state index in [2.05, 4.69) is 12.2 Å². The Balaban J connectivity index is 2.02. The Morgan fingerprint density at radius 1 is 1.60 bits per heavy atom. The van der Waals surface area contributed by atoms with Gasteiger partial charge in [-0.05, 0) is 12.8 Å². The molecule has 0 radical (unpaired) electrons. The Hall–Kier alpha value is -0.0800. The predicted molar refractivity (Wildman–Crippen MR) is 41.9 cm³/mol. The summed E-state index contributed by atoms with van der Waals surface area (Å²) in [5.41, 5.74) is 0. The van der Waals surface area contributed by atoms with Crippen molar-refractivity contribution in [2.24, 2.45) is 0 Å². The molecule has 1 N–H and O–H groups in total. The topological polar surface area (TPSA) is 21.3 Å². The fraction of sp³-hybridized carbons (Fsp3) is 1.00. The van der Waals surface area contributed by atoms with Crippen molar-refractivity contribution in [1.29, 1.82) is 0 Å². The van der Waals surface area contributed by atoms with E-state index in [9.17, 15) is 0 Å². The standard InChI is InChI=1S/C8H17NO/c1-2-3-4-8-5-6-10-7-9-8/h8-9H,2-7H2,1H3. The fourth-order valence-corrected chi connectivity index (χ4v) is 1.27. The molecule has 1 heterocycles. The molecule has 1 unspecified atom stereocenters. The quantitative estimate of drug-likeness (QED) is 0.646. The summed E-state index contributed by atoms with van der Waals surface area (Å²) >= 11 is 0. The first-order valence-electron chi connectivity index (χ1n) is 4.24. The van der Waals surface area contributed by atoms with Crippen molar-refractivity contribution >= 4 is 0 Å². The van der Waals surface area contributed by atoms with E-state index >= 15 is 0 Å². The zero-order valence-corrected chi connectivity index (χ0v) is 6.73. The molecule has 1 atom stereocenters. The van der Waals surface area contributed by atoms with Gasteiger partial charge in [0.15, 0.2) is 0 Å². The molecule has 0 bridgehead atoms. The molecule has 0 aliphatic carbocycles. The molecular weight excluding hydrogens is 126 g/mol. The molecule has 0 saturated carbocycles. The normalized spacial score (nSPS) is 26.7. The highest BCUT2D eigenvalue weighted by atomic mass is 16.5. The highest BCUT2D eigenvalue weighted by Crippen LogP contribution is 2.07. The molecule has 1 rings (SSSR count). The van der Waals surface area contributed by atoms with Crippen molar-refractivity contribution in [3.05, 3.63) is 0 Å². The predicted octanol–water partition coefficient (Wildman–Crippen LogP) is 1.51. The average Bonchev–Trinajstić information content (AvgIpc) is 2.03. The smallest absolute Gasteiger partial charge is 0.0967 e. The maximum absolute atomic E-state index is 5.17. The van der Waals surface area contributed by atoms with Crippen LogP contribution in [0.1, 0.15) is 32.6 Å². The Morgan fingerprint density at radius 3 is 3.10 bits per heavy atom. The number of ether oxygens (including phenoxy) is 1. The zero-order chi connectivity index (χ0) is 7.23. The molecular formula is C8H17NO. The minimum atomic E-state index is 0.730. The van der Waals surface area contributed by atoms with E-state index in [1.165, 1.54) is 25.7 Å². The summed E-state index contributed by atoms with van der Waals surface area (Å²) in [5.74, 6) is 0. The van der Waals surface area contributed by atoms with E-state index in [0.717, 1.165) is 19.4 Å². The fourth-order valence-electron chi connectivity index (χ4n) is 1.27. The van der Waals surface area contributed by atoms with E-state index in [1.54, 1.807) is 0 Å². The first kappa shape index (κ1) is 8.02. The lowest BCUT2D eigenvalue weighted by molar-refractivity contribution is 0.0590. The van der Waals surface area contributed by atoms with Crippen LogP contribution >= 0.6 is 0 Å². The summed E-state index contributed by atoms with van der Waals surface area (Å²) in [4.78, 5) is 0. The van der Waals surface area contributed by atoms with Crippen LogP contribution in [0.15, 0.2) is 0 Å². The maximum atomic E-state index is 5.17. The van der Waals surface area contributed by atoms with Gasteiger partial charge in [0.1, 0.15) is 0 Å². The van der Waals surface area contributed by atoms with E-state index in [4.69, 9.17) is 4.74 Å². The molecule has 0 aromatic carbocycles. The lowest BCUT2D eigenvalue weighted by Crippen LogP contribution is -2.37. The number of hydrogen-bond donors (Lipinski definition) is 1. The molecule has 1 saturated heterocycles. The molecule has 10 heavy (non-hydrogen) atoms. The van der Waals surface area contributed by atoms with Gasteiger partial charge in [-0.2, -0.15) is 0 Å². The Labute approximate surface area is 63.0 Å². The van der Waals surface area contributed by atoms with Crippen LogP contribution in [-0.2, 0) is 4.74 Å². The number of unbranched alkanes of at least 4 members (excludes halogenated alkanes) is 1. The van der Waals surface area contributed by atoms with Crippen LogP contribution in [0.25, 0.3) is 0 Å². The van der Waals surface area contributed by atoms with Crippen LogP contribution in [-0.4, -0.2) is 19.4 Å². The molecule has 0 aromatic heterocycles. The van der Waals surface area contributed by atoms with Crippen molar-refractivity contribution < 1.29 is 4.74 Å². The summed E-state index contributed by atoms with van der Waals surface area (Å²) < 4.78 is 5.17. The van der Waals surface area contributed by atoms with Crippen LogP contribution in [0, 0.1) is 0 Å². The van der Waals surface area contributed by atoms with Gasteiger partial charge in [-0.3, -0.25) is 5.32 Å². The van der Waals surface area contributed by atoms with Crippen LogP contribution in [0.3, 0.4) is 0 Å². The largest absolute Gasteiger partial charge is 0.366 e. The van der Waals surface area contributed by atoms with Gasteiger partial charge in [0.2, 0.25) is 0 Å². The first-order chi connectivity index (χ1) is 4.93. The van der Waals surface area contributed by atoms with Crippen molar-refractivity contribution in [3.63, 3.8) is 0 Å². The Kier molecular flexibility index (Phi) is 3.76. The Bertz CT molecular complexity index is 79.3. The van der Waals surface area contributed by atoms with E-state index in [-0.39, 0.29) is 0 Å². The van der Waals surface area contributed by atoms with Gasteiger partial charge >= 0.3 is 0 Å². The third-order valence-corrected chi connectivity index (χ3v) is 1.99. The number of hydrogen-bond acceptors (Lipinski definition) is 2. The van der Waals surface area contributed by atoms with Gasteiger partial charge in [0, 0.05) is 12.6 Å². The second-order valence-corrected chi connectivity index (χ2v) is 2.88. The van der Waals surface area contributed by atoms with E-state index < -0.39 is 0 Å². The van der Waals surface area contributed by atoms with Gasteiger partial charge in [0.25, 0.3) is 0 Å². The van der Waals surface area contributed by atoms with Crippen molar-refractivity contribution in [3.8, 4) is 0 Å². The number of rotatable bonds is 3. The lowest BCUT2D eigenvalue weighted by Gasteiger charge is -2.23. The van der Waals surface area contributed by atoms with Crippen LogP contribution in [0.4, 0.5) is 0 Å². The summed E-state index contributed by atoms with van der Waals surface area (Å²) in [7, 11) is 0. The van der Waals surface area contributed by atoms with Gasteiger partial charge in [-0.1, -0.05) is 19.8 Å². The van der Waals surface area contributed by atoms with E-state index in [1.807, 2.05) is 0 Å². The molecule has 60 valence electrons. The third-order valence-electron chi connectivity index (χ3n) is 1.99. The Morgan fingerprint density at radius 2 is 2.50 bits per heavy atom. The minimum absolute atomic E-state index is 0.730. The summed E-state index contributed by atoms with van der Waals surface area (Å²) in [6.45, 7) is 3.94. The average molecular weight is 143 g/mol. The van der Waals surface area contributed by atoms with Crippen LogP contribution in [0.5, 0.6) is 0 Å². The number of nitrogens with one attached hydrogen (secondary N) is 1. The SMILES string of the molecule is CCCCC1CCOCN1. The monoisotopic (exact) mass is 143 g/mol. The molecule has 0 aromatic rings. The third kappa shape index (κ3) is 2.67. The van der Waals surface area contributed by atoms with Crippen molar-refractivity contribution in [2.45, 2.75) is 38.6 Å². The minimum Gasteiger partial charge on any atom is -0.366 e. The molecule has 1 aliphatic heterocycles. The first-order valence-corrected chi connectivity index (χ1v) is 4.24. The molecule has 1 fully saturated rings. The van der Waals surface area contributed by atoms with Crippen LogP contribution < -0.4 is 5.32 Å². The van der Waals surface area contributed by atoms with Crippen molar-refractivity contribution in [1.82, 2.24) is 5.32 Å². The molecule has 1 aliphatic rings. The highest BCUT2D eigenvalue weighted by molar-refractivity contribution is 4.67. The zero-order valence-electron chi connectivity index (χ0n) is 6.73. The molecule has 0 spiro atoms. The summed E-state index contributed by atoms with van der Waals surface area (Å²) in [5, 5.41) is 3.33. The van der Waals surface area contributed by atoms with E-state index in [0.29, 0.717) is 0 Å².